The molecule has 7 heteroatoms. The number of nitrogens with one attached hydrogen (secondary N) is 1. The van der Waals surface area contributed by atoms with Crippen LogP contribution in [-0.2, 0) is 6.61 Å². The van der Waals surface area contributed by atoms with Gasteiger partial charge in [-0.15, -0.1) is 0 Å². The Bertz CT molecular complexity index is 955. The third kappa shape index (κ3) is 4.78. The van der Waals surface area contributed by atoms with Gasteiger partial charge in [0.15, 0.2) is 0 Å². The maximum Gasteiger partial charge on any atom is 0.259 e. The van der Waals surface area contributed by atoms with Crippen molar-refractivity contribution in [2.45, 2.75) is 13.5 Å². The molecule has 2 aromatic carbocycles. The van der Waals surface area contributed by atoms with Gasteiger partial charge in [-0.1, -0.05) is 0 Å². The SMILES string of the molecule is Cc1ccc(C(=O)Nc2ccc(OCc3cc(F)cc(F)c3)cc2)c(N)n1. The number of ether oxygens (including phenoxy) is 1. The Balaban J connectivity index is 1.62. The van der Waals surface area contributed by atoms with E-state index in [2.05, 4.69) is 10.3 Å². The van der Waals surface area contributed by atoms with Gasteiger partial charge in [-0.2, -0.15) is 0 Å². The lowest BCUT2D eigenvalue weighted by molar-refractivity contribution is 0.102. The fourth-order valence-corrected chi connectivity index (χ4v) is 2.46. The molecule has 0 atom stereocenters. The van der Waals surface area contributed by atoms with E-state index in [0.29, 0.717) is 17.0 Å². The van der Waals surface area contributed by atoms with Crippen LogP contribution >= 0.6 is 0 Å². The lowest BCUT2D eigenvalue weighted by atomic mass is 10.2. The zero-order valence-electron chi connectivity index (χ0n) is 14.5. The van der Waals surface area contributed by atoms with E-state index >= 15 is 0 Å². The van der Waals surface area contributed by atoms with Crippen LogP contribution in [0, 0.1) is 18.6 Å². The molecule has 0 fully saturated rings. The van der Waals surface area contributed by atoms with Gasteiger partial charge in [-0.25, -0.2) is 13.8 Å². The first-order valence-electron chi connectivity index (χ1n) is 8.13. The van der Waals surface area contributed by atoms with Crippen molar-refractivity contribution in [3.05, 3.63) is 83.1 Å². The Labute approximate surface area is 154 Å². The van der Waals surface area contributed by atoms with Gasteiger partial charge >= 0.3 is 0 Å². The van der Waals surface area contributed by atoms with Crippen LogP contribution in [0.1, 0.15) is 21.6 Å². The molecule has 1 aromatic heterocycles. The Morgan fingerprint density at radius 2 is 1.74 bits per heavy atom. The molecule has 1 amide bonds. The molecule has 0 saturated heterocycles. The van der Waals surface area contributed by atoms with Crippen LogP contribution < -0.4 is 15.8 Å². The molecule has 3 N–H and O–H groups in total. The molecule has 138 valence electrons. The minimum atomic E-state index is -0.656. The average Bonchev–Trinajstić information content (AvgIpc) is 2.60. The molecule has 0 spiro atoms. The fourth-order valence-electron chi connectivity index (χ4n) is 2.46. The monoisotopic (exact) mass is 369 g/mol. The summed E-state index contributed by atoms with van der Waals surface area (Å²) < 4.78 is 31.8. The van der Waals surface area contributed by atoms with Gasteiger partial charge in [0.05, 0.1) is 5.56 Å². The number of carbonyl (C=O) groups excluding carboxylic acids is 1. The van der Waals surface area contributed by atoms with Crippen LogP contribution in [0.2, 0.25) is 0 Å². The number of rotatable bonds is 5. The predicted molar refractivity (Wildman–Crippen MR) is 98.5 cm³/mol. The minimum absolute atomic E-state index is 0.0198. The van der Waals surface area contributed by atoms with Crippen molar-refractivity contribution in [3.8, 4) is 5.75 Å². The number of nitrogens with two attached hydrogens (primary N) is 1. The Hall–Kier alpha value is -3.48. The lowest BCUT2D eigenvalue weighted by Crippen LogP contribution is -2.15. The van der Waals surface area contributed by atoms with E-state index in [1.807, 2.05) is 0 Å². The normalized spacial score (nSPS) is 10.5. The van der Waals surface area contributed by atoms with Crippen molar-refractivity contribution >= 4 is 17.4 Å². The summed E-state index contributed by atoms with van der Waals surface area (Å²) in [6.07, 6.45) is 0. The average molecular weight is 369 g/mol. The Morgan fingerprint density at radius 1 is 1.07 bits per heavy atom. The predicted octanol–water partition coefficient (Wildman–Crippen LogP) is 4.08. The van der Waals surface area contributed by atoms with E-state index in [9.17, 15) is 13.6 Å². The number of hydrogen-bond donors (Lipinski definition) is 2. The number of nitrogen functional groups attached to an aromatic ring is 1. The third-order valence-electron chi connectivity index (χ3n) is 3.75. The van der Waals surface area contributed by atoms with E-state index in [1.165, 1.54) is 12.1 Å². The summed E-state index contributed by atoms with van der Waals surface area (Å²) in [7, 11) is 0. The van der Waals surface area contributed by atoms with E-state index < -0.39 is 11.6 Å². The molecular formula is C20H17F2N3O2. The van der Waals surface area contributed by atoms with Gasteiger partial charge in [0.2, 0.25) is 0 Å². The zero-order valence-corrected chi connectivity index (χ0v) is 14.5. The number of halogens is 2. The molecule has 3 aromatic rings. The van der Waals surface area contributed by atoms with Crippen LogP contribution in [0.5, 0.6) is 5.75 Å². The van der Waals surface area contributed by atoms with Crippen molar-refractivity contribution in [2.75, 3.05) is 11.1 Å². The number of aromatic nitrogens is 1. The summed E-state index contributed by atoms with van der Waals surface area (Å²) in [4.78, 5) is 16.3. The van der Waals surface area contributed by atoms with E-state index in [1.54, 1.807) is 43.3 Å². The van der Waals surface area contributed by atoms with Gasteiger partial charge in [-0.3, -0.25) is 4.79 Å². The van der Waals surface area contributed by atoms with Gasteiger partial charge in [0, 0.05) is 17.4 Å². The van der Waals surface area contributed by atoms with Crippen LogP contribution in [0.3, 0.4) is 0 Å². The summed E-state index contributed by atoms with van der Waals surface area (Å²) in [5.41, 5.74) is 7.71. The molecule has 0 radical (unpaired) electrons. The second kappa shape index (κ2) is 7.82. The largest absolute Gasteiger partial charge is 0.489 e. The van der Waals surface area contributed by atoms with Crippen LogP contribution in [0.25, 0.3) is 0 Å². The van der Waals surface area contributed by atoms with Crippen molar-refractivity contribution in [3.63, 3.8) is 0 Å². The lowest BCUT2D eigenvalue weighted by Gasteiger charge is -2.10. The molecule has 0 unspecified atom stereocenters. The van der Waals surface area contributed by atoms with Crippen molar-refractivity contribution in [1.29, 1.82) is 0 Å². The van der Waals surface area contributed by atoms with Gasteiger partial charge in [0.25, 0.3) is 5.91 Å². The molecule has 27 heavy (non-hydrogen) atoms. The first-order valence-corrected chi connectivity index (χ1v) is 8.13. The molecule has 0 aliphatic heterocycles. The number of benzene rings is 2. The summed E-state index contributed by atoms with van der Waals surface area (Å²) in [5, 5.41) is 2.72. The van der Waals surface area contributed by atoms with Gasteiger partial charge in [-0.05, 0) is 61.0 Å². The summed E-state index contributed by atoms with van der Waals surface area (Å²) >= 11 is 0. The third-order valence-corrected chi connectivity index (χ3v) is 3.75. The standard InChI is InChI=1S/C20H17F2N3O2/c1-12-2-7-18(19(23)24-12)20(26)25-16-3-5-17(6-4-16)27-11-13-8-14(21)10-15(22)9-13/h2-10H,11H2,1H3,(H2,23,24)(H,25,26). The first kappa shape index (κ1) is 18.3. The molecule has 0 aliphatic carbocycles. The number of carbonyl (C=O) groups is 1. The number of pyridine rings is 1. The Kier molecular flexibility index (Phi) is 5.30. The maximum atomic E-state index is 13.2. The quantitative estimate of drug-likeness (QED) is 0.710. The molecule has 5 nitrogen and oxygen atoms in total. The fraction of sp³-hybridized carbons (Fsp3) is 0.100. The second-order valence-corrected chi connectivity index (χ2v) is 5.93. The smallest absolute Gasteiger partial charge is 0.259 e. The first-order chi connectivity index (χ1) is 12.9. The van der Waals surface area contributed by atoms with Crippen LogP contribution in [0.4, 0.5) is 20.3 Å². The number of amides is 1. The van der Waals surface area contributed by atoms with E-state index in [4.69, 9.17) is 10.5 Å². The molecule has 1 heterocycles. The Morgan fingerprint density at radius 3 is 2.37 bits per heavy atom. The van der Waals surface area contributed by atoms with E-state index in [-0.39, 0.29) is 23.9 Å². The van der Waals surface area contributed by atoms with Crippen molar-refractivity contribution < 1.29 is 18.3 Å². The molecule has 3 rings (SSSR count). The van der Waals surface area contributed by atoms with E-state index in [0.717, 1.165) is 11.8 Å². The minimum Gasteiger partial charge on any atom is -0.489 e. The molecule has 0 aliphatic rings. The highest BCUT2D eigenvalue weighted by Crippen LogP contribution is 2.19. The summed E-state index contributed by atoms with van der Waals surface area (Å²) in [6, 6.07) is 13.1. The zero-order chi connectivity index (χ0) is 19.4. The second-order valence-electron chi connectivity index (χ2n) is 5.93. The maximum absolute atomic E-state index is 13.2. The summed E-state index contributed by atoms with van der Waals surface area (Å²) in [5.74, 6) is -1.03. The van der Waals surface area contributed by atoms with Crippen molar-refractivity contribution in [2.24, 2.45) is 0 Å². The molecular weight excluding hydrogens is 352 g/mol. The summed E-state index contributed by atoms with van der Waals surface area (Å²) in [6.45, 7) is 1.81. The number of anilines is 2. The number of aryl methyl sites for hydroxylation is 1. The van der Waals surface area contributed by atoms with Gasteiger partial charge in [0.1, 0.15) is 29.8 Å². The van der Waals surface area contributed by atoms with Crippen LogP contribution in [-0.4, -0.2) is 10.9 Å². The topological polar surface area (TPSA) is 77.2 Å². The number of hydrogen-bond acceptors (Lipinski definition) is 4. The van der Waals surface area contributed by atoms with Crippen LogP contribution in [0.15, 0.2) is 54.6 Å². The highest BCUT2D eigenvalue weighted by Gasteiger charge is 2.11. The number of nitrogens with zero attached hydrogens (tertiary/aromatic N) is 1. The highest BCUT2D eigenvalue weighted by atomic mass is 19.1. The molecule has 0 saturated carbocycles. The van der Waals surface area contributed by atoms with Gasteiger partial charge < -0.3 is 15.8 Å². The highest BCUT2D eigenvalue weighted by molar-refractivity contribution is 6.07. The molecule has 0 bridgehead atoms. The van der Waals surface area contributed by atoms with Crippen molar-refractivity contribution in [1.82, 2.24) is 4.98 Å².